The fraction of sp³-hybridized carbons (Fsp3) is 0.235. The van der Waals surface area contributed by atoms with Gasteiger partial charge in [-0.1, -0.05) is 30.3 Å². The number of amides is 1. The van der Waals surface area contributed by atoms with Crippen LogP contribution in [0, 0.1) is 6.92 Å². The molecule has 0 aliphatic heterocycles. The Kier molecular flexibility index (Phi) is 4.41. The van der Waals surface area contributed by atoms with Gasteiger partial charge in [-0.25, -0.2) is 0 Å². The molecule has 1 amide bonds. The Morgan fingerprint density at radius 3 is 2.55 bits per heavy atom. The minimum atomic E-state index is -0.0445. The maximum atomic E-state index is 12.2. The summed E-state index contributed by atoms with van der Waals surface area (Å²) in [6, 6.07) is 15.7. The zero-order valence-electron chi connectivity index (χ0n) is 12.2. The van der Waals surface area contributed by atoms with E-state index in [1.54, 1.807) is 0 Å². The van der Waals surface area contributed by atoms with Gasteiger partial charge in [0.2, 0.25) is 0 Å². The van der Waals surface area contributed by atoms with Crippen LogP contribution in [0.1, 0.15) is 21.5 Å². The van der Waals surface area contributed by atoms with E-state index in [-0.39, 0.29) is 5.91 Å². The molecule has 20 heavy (non-hydrogen) atoms. The van der Waals surface area contributed by atoms with Crippen LogP contribution >= 0.6 is 0 Å². The molecule has 0 aliphatic carbocycles. The molecule has 0 spiro atoms. The molecule has 0 atom stereocenters. The van der Waals surface area contributed by atoms with Crippen molar-refractivity contribution in [2.45, 2.75) is 13.5 Å². The molecule has 0 aliphatic rings. The number of anilines is 1. The van der Waals surface area contributed by atoms with Gasteiger partial charge in [0.05, 0.1) is 0 Å². The third-order valence-corrected chi connectivity index (χ3v) is 3.33. The van der Waals surface area contributed by atoms with Gasteiger partial charge in [-0.3, -0.25) is 4.79 Å². The number of nitrogens with zero attached hydrogens (tertiary/aromatic N) is 1. The molecule has 0 bridgehead atoms. The molecule has 2 aromatic carbocycles. The Hall–Kier alpha value is -2.29. The second kappa shape index (κ2) is 6.24. The second-order valence-electron chi connectivity index (χ2n) is 5.05. The minimum Gasteiger partial charge on any atom is -0.378 e. The Morgan fingerprint density at radius 1 is 1.10 bits per heavy atom. The number of rotatable bonds is 4. The normalized spacial score (nSPS) is 10.2. The molecule has 0 saturated heterocycles. The SMILES string of the molecule is Cc1ccccc1CNC(=O)c1cccc(N(C)C)c1. The average Bonchev–Trinajstić information content (AvgIpc) is 2.46. The van der Waals surface area contributed by atoms with Gasteiger partial charge in [0, 0.05) is 31.9 Å². The number of benzene rings is 2. The highest BCUT2D eigenvalue weighted by Crippen LogP contribution is 2.13. The topological polar surface area (TPSA) is 32.3 Å². The van der Waals surface area contributed by atoms with Gasteiger partial charge in [-0.05, 0) is 36.2 Å². The van der Waals surface area contributed by atoms with Crippen molar-refractivity contribution < 1.29 is 4.79 Å². The molecule has 2 aromatic rings. The fourth-order valence-electron chi connectivity index (χ4n) is 2.01. The van der Waals surface area contributed by atoms with Crippen LogP contribution in [-0.2, 0) is 6.54 Å². The van der Waals surface area contributed by atoms with Crippen LogP contribution in [0.25, 0.3) is 0 Å². The predicted octanol–water partition coefficient (Wildman–Crippen LogP) is 2.99. The largest absolute Gasteiger partial charge is 0.378 e. The summed E-state index contributed by atoms with van der Waals surface area (Å²) in [7, 11) is 3.93. The van der Waals surface area contributed by atoms with Crippen molar-refractivity contribution in [1.82, 2.24) is 5.32 Å². The summed E-state index contributed by atoms with van der Waals surface area (Å²) in [5.74, 6) is -0.0445. The lowest BCUT2D eigenvalue weighted by Crippen LogP contribution is -2.23. The summed E-state index contributed by atoms with van der Waals surface area (Å²) >= 11 is 0. The first-order valence-electron chi connectivity index (χ1n) is 6.68. The van der Waals surface area contributed by atoms with Crippen LogP contribution < -0.4 is 10.2 Å². The molecule has 0 unspecified atom stereocenters. The zero-order chi connectivity index (χ0) is 14.5. The number of carbonyl (C=O) groups excluding carboxylic acids is 1. The van der Waals surface area contributed by atoms with Crippen molar-refractivity contribution in [2.24, 2.45) is 0 Å². The summed E-state index contributed by atoms with van der Waals surface area (Å²) < 4.78 is 0. The van der Waals surface area contributed by atoms with E-state index < -0.39 is 0 Å². The van der Waals surface area contributed by atoms with Crippen LogP contribution in [0.2, 0.25) is 0 Å². The van der Waals surface area contributed by atoms with Crippen LogP contribution in [0.15, 0.2) is 48.5 Å². The molecular formula is C17H20N2O. The van der Waals surface area contributed by atoms with Gasteiger partial charge in [0.15, 0.2) is 0 Å². The molecule has 0 heterocycles. The Labute approximate surface area is 120 Å². The molecule has 3 nitrogen and oxygen atoms in total. The van der Waals surface area contributed by atoms with E-state index in [9.17, 15) is 4.79 Å². The number of hydrogen-bond acceptors (Lipinski definition) is 2. The van der Waals surface area contributed by atoms with Crippen LogP contribution in [0.5, 0.6) is 0 Å². The number of hydrogen-bond donors (Lipinski definition) is 1. The van der Waals surface area contributed by atoms with E-state index in [0.717, 1.165) is 11.3 Å². The molecule has 2 rings (SSSR count). The monoisotopic (exact) mass is 268 g/mol. The van der Waals surface area contributed by atoms with Crippen molar-refractivity contribution in [1.29, 1.82) is 0 Å². The van der Waals surface area contributed by atoms with Crippen molar-refractivity contribution in [3.63, 3.8) is 0 Å². The summed E-state index contributed by atoms with van der Waals surface area (Å²) in [4.78, 5) is 14.2. The highest BCUT2D eigenvalue weighted by Gasteiger charge is 2.07. The van der Waals surface area contributed by atoms with Crippen LogP contribution in [0.3, 0.4) is 0 Å². The van der Waals surface area contributed by atoms with Crippen molar-refractivity contribution in [3.05, 3.63) is 65.2 Å². The summed E-state index contributed by atoms with van der Waals surface area (Å²) in [5.41, 5.74) is 4.04. The lowest BCUT2D eigenvalue weighted by atomic mass is 10.1. The summed E-state index contributed by atoms with van der Waals surface area (Å²) in [5, 5.41) is 2.96. The van der Waals surface area contributed by atoms with E-state index >= 15 is 0 Å². The minimum absolute atomic E-state index is 0.0445. The van der Waals surface area contributed by atoms with Gasteiger partial charge < -0.3 is 10.2 Å². The second-order valence-corrected chi connectivity index (χ2v) is 5.05. The summed E-state index contributed by atoms with van der Waals surface area (Å²) in [6.07, 6.45) is 0. The van der Waals surface area contributed by atoms with Gasteiger partial charge in [-0.2, -0.15) is 0 Å². The maximum Gasteiger partial charge on any atom is 0.251 e. The summed E-state index contributed by atoms with van der Waals surface area (Å²) in [6.45, 7) is 2.60. The lowest BCUT2D eigenvalue weighted by Gasteiger charge is -2.13. The fourth-order valence-corrected chi connectivity index (χ4v) is 2.01. The lowest BCUT2D eigenvalue weighted by molar-refractivity contribution is 0.0951. The number of aryl methyl sites for hydroxylation is 1. The van der Waals surface area contributed by atoms with Gasteiger partial charge in [0.1, 0.15) is 0 Å². The van der Waals surface area contributed by atoms with Gasteiger partial charge in [0.25, 0.3) is 5.91 Å². The number of nitrogens with one attached hydrogen (secondary N) is 1. The first kappa shape index (κ1) is 14.1. The quantitative estimate of drug-likeness (QED) is 0.924. The molecule has 3 heteroatoms. The molecule has 0 radical (unpaired) electrons. The average molecular weight is 268 g/mol. The van der Waals surface area contributed by atoms with E-state index in [2.05, 4.69) is 5.32 Å². The van der Waals surface area contributed by atoms with E-state index in [4.69, 9.17) is 0 Å². The molecule has 0 aromatic heterocycles. The van der Waals surface area contributed by atoms with Crippen molar-refractivity contribution in [3.8, 4) is 0 Å². The van der Waals surface area contributed by atoms with Gasteiger partial charge in [-0.15, -0.1) is 0 Å². The Balaban J connectivity index is 2.05. The van der Waals surface area contributed by atoms with Gasteiger partial charge >= 0.3 is 0 Å². The van der Waals surface area contributed by atoms with E-state index in [0.29, 0.717) is 12.1 Å². The zero-order valence-corrected chi connectivity index (χ0v) is 12.2. The first-order valence-corrected chi connectivity index (χ1v) is 6.68. The van der Waals surface area contributed by atoms with Crippen molar-refractivity contribution >= 4 is 11.6 Å². The highest BCUT2D eigenvalue weighted by molar-refractivity contribution is 5.95. The smallest absolute Gasteiger partial charge is 0.251 e. The van der Waals surface area contributed by atoms with Crippen LogP contribution in [0.4, 0.5) is 5.69 Å². The maximum absolute atomic E-state index is 12.2. The number of carbonyl (C=O) groups is 1. The molecule has 0 saturated carbocycles. The molecular weight excluding hydrogens is 248 g/mol. The van der Waals surface area contributed by atoms with E-state index in [1.807, 2.05) is 74.4 Å². The third kappa shape index (κ3) is 3.38. The third-order valence-electron chi connectivity index (χ3n) is 3.33. The highest BCUT2D eigenvalue weighted by atomic mass is 16.1. The first-order chi connectivity index (χ1) is 9.58. The molecule has 0 fully saturated rings. The van der Waals surface area contributed by atoms with E-state index in [1.165, 1.54) is 5.56 Å². The van der Waals surface area contributed by atoms with Crippen molar-refractivity contribution in [2.75, 3.05) is 19.0 Å². The standard InChI is InChI=1S/C17H20N2O/c1-13-7-4-5-8-15(13)12-18-17(20)14-9-6-10-16(11-14)19(2)3/h4-11H,12H2,1-3H3,(H,18,20). The Bertz CT molecular complexity index is 605. The predicted molar refractivity (Wildman–Crippen MR) is 83.1 cm³/mol. The van der Waals surface area contributed by atoms with Crippen LogP contribution in [-0.4, -0.2) is 20.0 Å². The Morgan fingerprint density at radius 2 is 1.85 bits per heavy atom. The molecule has 104 valence electrons. The molecule has 1 N–H and O–H groups in total.